The predicted octanol–water partition coefficient (Wildman–Crippen LogP) is 5.12. The molecule has 1 atom stereocenters. The molecule has 0 spiro atoms. The Labute approximate surface area is 210 Å². The maximum Gasteiger partial charge on any atom is 0.350 e. The number of aromatic nitrogens is 1. The van der Waals surface area contributed by atoms with Gasteiger partial charge in [-0.25, -0.2) is 14.2 Å². The van der Waals surface area contributed by atoms with E-state index >= 15 is 0 Å². The summed E-state index contributed by atoms with van der Waals surface area (Å²) >= 11 is 0.845. The van der Waals surface area contributed by atoms with E-state index in [-0.39, 0.29) is 33.4 Å². The number of hydrogen-bond acceptors (Lipinski definition) is 7. The highest BCUT2D eigenvalue weighted by Gasteiger charge is 2.46. The van der Waals surface area contributed by atoms with Crippen LogP contribution in [0, 0.1) is 12.7 Å². The van der Waals surface area contributed by atoms with Crippen molar-refractivity contribution in [2.45, 2.75) is 13.0 Å². The van der Waals surface area contributed by atoms with Crippen LogP contribution in [0.5, 0.6) is 0 Å². The molecule has 0 aliphatic carbocycles. The molecule has 182 valence electrons. The van der Waals surface area contributed by atoms with Crippen LogP contribution in [0.25, 0.3) is 6.08 Å². The molecule has 0 saturated carbocycles. The highest BCUT2D eigenvalue weighted by molar-refractivity contribution is 7.17. The minimum atomic E-state index is -1.30. The van der Waals surface area contributed by atoms with E-state index in [1.54, 1.807) is 37.3 Å². The summed E-state index contributed by atoms with van der Waals surface area (Å²) in [5, 5.41) is 10.8. The van der Waals surface area contributed by atoms with Crippen LogP contribution in [0.15, 0.2) is 84.7 Å². The second kappa shape index (κ2) is 10.5. The second-order valence-corrected chi connectivity index (χ2v) is 8.75. The van der Waals surface area contributed by atoms with Gasteiger partial charge in [0.25, 0.3) is 5.91 Å². The number of benzene rings is 2. The van der Waals surface area contributed by atoms with Crippen molar-refractivity contribution in [3.05, 3.63) is 112 Å². The summed E-state index contributed by atoms with van der Waals surface area (Å²) in [5.74, 6) is -3.75. The molecule has 1 aliphatic rings. The van der Waals surface area contributed by atoms with Crippen molar-refractivity contribution in [2.75, 3.05) is 11.5 Å². The smallest absolute Gasteiger partial charge is 0.350 e. The number of hydrogen-bond donors (Lipinski definition) is 1. The van der Waals surface area contributed by atoms with E-state index in [1.165, 1.54) is 36.4 Å². The van der Waals surface area contributed by atoms with Crippen LogP contribution in [0.1, 0.15) is 32.5 Å². The van der Waals surface area contributed by atoms with Crippen LogP contribution in [-0.2, 0) is 14.3 Å². The number of ketones is 1. The fourth-order valence-corrected chi connectivity index (χ4v) is 4.73. The molecule has 0 fully saturated rings. The molecular weight excluding hydrogens is 483 g/mol. The summed E-state index contributed by atoms with van der Waals surface area (Å²) in [6.45, 7) is 5.05. The number of halogens is 1. The average Bonchev–Trinajstić information content (AvgIpc) is 3.38. The number of esters is 1. The lowest BCUT2D eigenvalue weighted by molar-refractivity contribution is -0.117. The SMILES string of the molecule is C=CCOC(=O)c1sc(N2C(=O)C(O)=C(C(=O)/C=C/c3ccccc3)C2c2ccccc2F)nc1C. The quantitative estimate of drug-likeness (QED) is 0.260. The van der Waals surface area contributed by atoms with E-state index in [0.717, 1.165) is 21.8 Å². The normalized spacial score (nSPS) is 15.6. The number of ether oxygens (including phenoxy) is 1. The molecule has 1 aromatic heterocycles. The topological polar surface area (TPSA) is 96.8 Å². The lowest BCUT2D eigenvalue weighted by Crippen LogP contribution is -2.31. The van der Waals surface area contributed by atoms with Gasteiger partial charge in [-0.1, -0.05) is 78.6 Å². The van der Waals surface area contributed by atoms with Crippen LogP contribution in [-0.4, -0.2) is 34.4 Å². The average molecular weight is 505 g/mol. The molecule has 2 aromatic carbocycles. The van der Waals surface area contributed by atoms with Crippen LogP contribution in [0.3, 0.4) is 0 Å². The van der Waals surface area contributed by atoms with E-state index in [4.69, 9.17) is 4.74 Å². The summed E-state index contributed by atoms with van der Waals surface area (Å²) in [4.78, 5) is 44.3. The Morgan fingerprint density at radius 3 is 2.58 bits per heavy atom. The Hall–Kier alpha value is -4.37. The number of allylic oxidation sites excluding steroid dienone is 1. The van der Waals surface area contributed by atoms with Crippen LogP contribution in [0.4, 0.5) is 9.52 Å². The van der Waals surface area contributed by atoms with Gasteiger partial charge < -0.3 is 9.84 Å². The Morgan fingerprint density at radius 2 is 1.89 bits per heavy atom. The van der Waals surface area contributed by atoms with Crippen molar-refractivity contribution in [3.63, 3.8) is 0 Å². The molecule has 7 nitrogen and oxygen atoms in total. The molecule has 1 aliphatic heterocycles. The molecule has 1 unspecified atom stereocenters. The van der Waals surface area contributed by atoms with Gasteiger partial charge in [-0.3, -0.25) is 14.5 Å². The van der Waals surface area contributed by atoms with Crippen molar-refractivity contribution in [1.82, 2.24) is 4.98 Å². The van der Waals surface area contributed by atoms with E-state index in [1.807, 2.05) is 6.07 Å². The maximum atomic E-state index is 15.0. The molecule has 1 N–H and O–H groups in total. The van der Waals surface area contributed by atoms with Gasteiger partial charge in [0.2, 0.25) is 0 Å². The van der Waals surface area contributed by atoms with Crippen molar-refractivity contribution in [1.29, 1.82) is 0 Å². The van der Waals surface area contributed by atoms with Gasteiger partial charge in [0.15, 0.2) is 16.7 Å². The van der Waals surface area contributed by atoms with Gasteiger partial charge in [-0.15, -0.1) is 0 Å². The molecule has 3 aromatic rings. The van der Waals surface area contributed by atoms with E-state index in [9.17, 15) is 23.9 Å². The Balaban J connectivity index is 1.78. The summed E-state index contributed by atoms with van der Waals surface area (Å²) in [6, 6.07) is 13.3. The molecule has 4 rings (SSSR count). The van der Waals surface area contributed by atoms with Gasteiger partial charge in [0.05, 0.1) is 11.3 Å². The zero-order chi connectivity index (χ0) is 25.8. The zero-order valence-corrected chi connectivity index (χ0v) is 20.0. The molecule has 2 heterocycles. The predicted molar refractivity (Wildman–Crippen MR) is 134 cm³/mol. The number of carbonyl (C=O) groups is 3. The lowest BCUT2D eigenvalue weighted by atomic mass is 9.95. The third-order valence-electron chi connectivity index (χ3n) is 5.41. The van der Waals surface area contributed by atoms with Crippen molar-refractivity contribution in [2.24, 2.45) is 0 Å². The monoisotopic (exact) mass is 504 g/mol. The summed E-state index contributed by atoms with van der Waals surface area (Å²) < 4.78 is 20.0. The van der Waals surface area contributed by atoms with Gasteiger partial charge >= 0.3 is 5.97 Å². The number of nitrogens with zero attached hydrogens (tertiary/aromatic N) is 2. The first-order chi connectivity index (χ1) is 17.3. The number of anilines is 1. The van der Waals surface area contributed by atoms with Gasteiger partial charge in [-0.05, 0) is 24.6 Å². The maximum absolute atomic E-state index is 15.0. The molecule has 0 saturated heterocycles. The highest BCUT2D eigenvalue weighted by Crippen LogP contribution is 2.43. The first-order valence-corrected chi connectivity index (χ1v) is 11.7. The summed E-state index contributed by atoms with van der Waals surface area (Å²) in [7, 11) is 0. The molecule has 36 heavy (non-hydrogen) atoms. The van der Waals surface area contributed by atoms with Crippen molar-refractivity contribution < 1.29 is 28.6 Å². The number of carbonyl (C=O) groups excluding carboxylic acids is 3. The Bertz CT molecular complexity index is 1410. The van der Waals surface area contributed by atoms with Crippen molar-refractivity contribution >= 4 is 40.2 Å². The fourth-order valence-electron chi connectivity index (χ4n) is 3.75. The van der Waals surface area contributed by atoms with E-state index < -0.39 is 35.3 Å². The van der Waals surface area contributed by atoms with Gasteiger partial charge in [-0.2, -0.15) is 0 Å². The zero-order valence-electron chi connectivity index (χ0n) is 19.2. The number of amides is 1. The number of rotatable bonds is 8. The summed E-state index contributed by atoms with van der Waals surface area (Å²) in [6.07, 6.45) is 4.17. The van der Waals surface area contributed by atoms with Gasteiger partial charge in [0, 0.05) is 5.56 Å². The van der Waals surface area contributed by atoms with E-state index in [2.05, 4.69) is 11.6 Å². The molecule has 1 amide bonds. The number of aryl methyl sites for hydroxylation is 1. The second-order valence-electron chi connectivity index (χ2n) is 7.77. The van der Waals surface area contributed by atoms with Gasteiger partial charge in [0.1, 0.15) is 23.3 Å². The molecule has 0 bridgehead atoms. The largest absolute Gasteiger partial charge is 0.503 e. The highest BCUT2D eigenvalue weighted by atomic mass is 32.1. The Kier molecular flexibility index (Phi) is 7.21. The minimum Gasteiger partial charge on any atom is -0.503 e. The van der Waals surface area contributed by atoms with Crippen LogP contribution >= 0.6 is 11.3 Å². The molecule has 0 radical (unpaired) electrons. The molecular formula is C27H21FN2O5S. The van der Waals surface area contributed by atoms with Crippen molar-refractivity contribution in [3.8, 4) is 0 Å². The number of aliphatic hydroxyl groups excluding tert-OH is 1. The summed E-state index contributed by atoms with van der Waals surface area (Å²) in [5.41, 5.74) is 0.719. The minimum absolute atomic E-state index is 0.00463. The van der Waals surface area contributed by atoms with E-state index in [0.29, 0.717) is 0 Å². The standard InChI is InChI=1S/C27H21FN2O5S/c1-3-15-35-26(34)24-16(2)29-27(36-24)30-22(18-11-7-8-12-19(18)28)21(23(32)25(30)33)20(31)14-13-17-9-5-4-6-10-17/h3-14,22,32H,1,15H2,2H3/b14-13+. The first-order valence-electron chi connectivity index (χ1n) is 10.9. The third-order valence-corrected chi connectivity index (χ3v) is 6.55. The number of aliphatic hydroxyl groups is 1. The Morgan fingerprint density at radius 1 is 1.19 bits per heavy atom. The van der Waals surface area contributed by atoms with Crippen LogP contribution < -0.4 is 4.90 Å². The fraction of sp³-hybridized carbons (Fsp3) is 0.111. The molecule has 9 heteroatoms. The third kappa shape index (κ3) is 4.73. The first kappa shape index (κ1) is 24.7. The van der Waals surface area contributed by atoms with Crippen LogP contribution in [0.2, 0.25) is 0 Å². The lowest BCUT2D eigenvalue weighted by Gasteiger charge is -2.24. The number of thiazole rings is 1.